The van der Waals surface area contributed by atoms with Crippen molar-refractivity contribution in [1.29, 1.82) is 0 Å². The molecule has 0 amide bonds. The van der Waals surface area contributed by atoms with E-state index >= 15 is 0 Å². The Morgan fingerprint density at radius 1 is 0.837 bits per heavy atom. The lowest BCUT2D eigenvalue weighted by Gasteiger charge is -2.42. The molecule has 0 aliphatic carbocycles. The Balaban J connectivity index is 1.30. The molecule has 3 heterocycles. The van der Waals surface area contributed by atoms with Gasteiger partial charge in [-0.15, -0.1) is 0 Å². The molecule has 2 fully saturated rings. The summed E-state index contributed by atoms with van der Waals surface area (Å²) in [5.74, 6) is -0.999. The zero-order valence-electron chi connectivity index (χ0n) is 23.1. The van der Waals surface area contributed by atoms with Gasteiger partial charge in [0.1, 0.15) is 71.6 Å². The first kappa shape index (κ1) is 31.2. The lowest BCUT2D eigenvalue weighted by atomic mass is 9.95. The predicted molar refractivity (Wildman–Crippen MR) is 141 cm³/mol. The van der Waals surface area contributed by atoms with Gasteiger partial charge < -0.3 is 69.3 Å². The molecule has 0 saturated carbocycles. The van der Waals surface area contributed by atoms with Gasteiger partial charge in [0.05, 0.1) is 26.2 Å². The van der Waals surface area contributed by atoms with Crippen LogP contribution in [0.2, 0.25) is 0 Å². The van der Waals surface area contributed by atoms with Gasteiger partial charge in [-0.05, 0) is 24.6 Å². The van der Waals surface area contributed by atoms with Crippen LogP contribution in [0.5, 0.6) is 28.7 Å². The van der Waals surface area contributed by atoms with Crippen molar-refractivity contribution in [3.05, 3.63) is 41.5 Å². The predicted octanol–water partition coefficient (Wildman–Crippen LogP) is -1.16. The van der Waals surface area contributed by atoms with Crippen molar-refractivity contribution in [3.8, 4) is 28.7 Å². The van der Waals surface area contributed by atoms with Crippen molar-refractivity contribution in [3.63, 3.8) is 0 Å². The molecule has 11 atom stereocenters. The van der Waals surface area contributed by atoms with E-state index in [9.17, 15) is 45.6 Å². The Morgan fingerprint density at radius 3 is 2.23 bits per heavy atom. The van der Waals surface area contributed by atoms with Gasteiger partial charge in [-0.3, -0.25) is 4.79 Å². The van der Waals surface area contributed by atoms with Crippen LogP contribution in [0.15, 0.2) is 30.3 Å². The number of ether oxygens (including phenoxy) is 6. The molecular formula is C28H34O15. The highest BCUT2D eigenvalue weighted by Crippen LogP contribution is 2.43. The number of aliphatic hydroxyl groups is 6. The quantitative estimate of drug-likeness (QED) is 0.185. The van der Waals surface area contributed by atoms with E-state index in [1.807, 2.05) is 0 Å². The molecule has 43 heavy (non-hydrogen) atoms. The second-order valence-electron chi connectivity index (χ2n) is 10.6. The molecule has 7 unspecified atom stereocenters. The van der Waals surface area contributed by atoms with Gasteiger partial charge >= 0.3 is 0 Å². The molecular weight excluding hydrogens is 576 g/mol. The molecule has 0 radical (unpaired) electrons. The third-order valence-corrected chi connectivity index (χ3v) is 7.70. The first-order chi connectivity index (χ1) is 20.4. The SMILES string of the molecule is COc1ccc(C2CC(=O)c3c(O)cc(O[C@@H]4OC(CO[C@@H]5OC(C)[C@H](O)C(O)C5O)[C@@H](O)C(O)C4O)cc3O2)cc1O. The summed E-state index contributed by atoms with van der Waals surface area (Å²) in [6.45, 7) is 0.964. The Kier molecular flexibility index (Phi) is 8.99. The number of hydrogen-bond donors (Lipinski definition) is 8. The zero-order chi connectivity index (χ0) is 31.2. The van der Waals surface area contributed by atoms with Crippen molar-refractivity contribution in [1.82, 2.24) is 0 Å². The molecule has 0 bridgehead atoms. The smallest absolute Gasteiger partial charge is 0.229 e. The third-order valence-electron chi connectivity index (χ3n) is 7.70. The molecule has 236 valence electrons. The van der Waals surface area contributed by atoms with Gasteiger partial charge in [0.2, 0.25) is 6.29 Å². The van der Waals surface area contributed by atoms with E-state index in [1.54, 1.807) is 6.07 Å². The number of carbonyl (C=O) groups is 1. The maximum Gasteiger partial charge on any atom is 0.229 e. The minimum absolute atomic E-state index is 0.0457. The summed E-state index contributed by atoms with van der Waals surface area (Å²) >= 11 is 0. The highest BCUT2D eigenvalue weighted by Gasteiger charge is 2.47. The van der Waals surface area contributed by atoms with Gasteiger partial charge in [-0.2, -0.15) is 0 Å². The average Bonchev–Trinajstić information content (AvgIpc) is 2.97. The Hall–Kier alpha value is -3.25. The van der Waals surface area contributed by atoms with Crippen LogP contribution in [0.4, 0.5) is 0 Å². The summed E-state index contributed by atoms with van der Waals surface area (Å²) in [5, 5.41) is 82.2. The standard InChI is InChI=1S/C28H34O15/c1-10-21(32)23(34)25(36)27(40-10)39-9-19-22(33)24(35)26(37)28(43-19)41-12-6-14(30)20-15(31)8-17(42-18(20)7-12)11-3-4-16(38-2)13(29)5-11/h3-7,10,17,19,21-30,32-37H,8-9H2,1-2H3/t10?,17?,19?,21-,22+,23?,24?,25?,26?,27+,28+/m0/s1. The summed E-state index contributed by atoms with van der Waals surface area (Å²) in [7, 11) is 1.39. The van der Waals surface area contributed by atoms with Crippen LogP contribution >= 0.6 is 0 Å². The molecule has 5 rings (SSSR count). The highest BCUT2D eigenvalue weighted by molar-refractivity contribution is 6.02. The van der Waals surface area contributed by atoms with E-state index in [0.29, 0.717) is 5.56 Å². The van der Waals surface area contributed by atoms with Crippen LogP contribution in [0, 0.1) is 0 Å². The first-order valence-corrected chi connectivity index (χ1v) is 13.5. The minimum atomic E-state index is -1.77. The maximum atomic E-state index is 12.9. The van der Waals surface area contributed by atoms with Gasteiger partial charge in [0, 0.05) is 12.1 Å². The second kappa shape index (κ2) is 12.4. The lowest BCUT2D eigenvalue weighted by Crippen LogP contribution is -2.61. The van der Waals surface area contributed by atoms with Crippen LogP contribution in [-0.2, 0) is 14.2 Å². The fraction of sp³-hybridized carbons (Fsp3) is 0.536. The molecule has 15 heteroatoms. The van der Waals surface area contributed by atoms with E-state index in [-0.39, 0.29) is 35.0 Å². The normalized spacial score (nSPS) is 36.0. The summed E-state index contributed by atoms with van der Waals surface area (Å²) in [6.07, 6.45) is -15.9. The molecule has 2 aromatic rings. The number of benzene rings is 2. The van der Waals surface area contributed by atoms with E-state index in [0.717, 1.165) is 6.07 Å². The van der Waals surface area contributed by atoms with E-state index in [1.165, 1.54) is 32.2 Å². The van der Waals surface area contributed by atoms with Crippen LogP contribution in [-0.4, -0.2) is 122 Å². The Labute approximate surface area is 245 Å². The van der Waals surface area contributed by atoms with E-state index in [2.05, 4.69) is 0 Å². The summed E-state index contributed by atoms with van der Waals surface area (Å²) < 4.78 is 33.1. The minimum Gasteiger partial charge on any atom is -0.507 e. The van der Waals surface area contributed by atoms with Gasteiger partial charge in [-0.25, -0.2) is 0 Å². The second-order valence-corrected chi connectivity index (χ2v) is 10.6. The number of rotatable bonds is 7. The largest absolute Gasteiger partial charge is 0.507 e. The fourth-order valence-electron chi connectivity index (χ4n) is 5.20. The highest BCUT2D eigenvalue weighted by atomic mass is 16.7. The van der Waals surface area contributed by atoms with Gasteiger partial charge in [0.25, 0.3) is 0 Å². The number of methoxy groups -OCH3 is 1. The van der Waals surface area contributed by atoms with E-state index in [4.69, 9.17) is 28.4 Å². The van der Waals surface area contributed by atoms with E-state index < -0.39 is 85.7 Å². The topological polar surface area (TPSA) is 234 Å². The number of ketones is 1. The maximum absolute atomic E-state index is 12.9. The number of fused-ring (bicyclic) bond motifs is 1. The number of phenolic OH excluding ortho intramolecular Hbond substituents is 2. The van der Waals surface area contributed by atoms with Crippen LogP contribution in [0.1, 0.15) is 35.4 Å². The van der Waals surface area contributed by atoms with Gasteiger partial charge in [0.15, 0.2) is 23.6 Å². The van der Waals surface area contributed by atoms with Crippen LogP contribution in [0.3, 0.4) is 0 Å². The average molecular weight is 611 g/mol. The van der Waals surface area contributed by atoms with Crippen molar-refractivity contribution < 1.29 is 74.1 Å². The van der Waals surface area contributed by atoms with Crippen LogP contribution < -0.4 is 14.2 Å². The molecule has 8 N–H and O–H groups in total. The molecule has 3 aliphatic rings. The van der Waals surface area contributed by atoms with Crippen LogP contribution in [0.25, 0.3) is 0 Å². The summed E-state index contributed by atoms with van der Waals surface area (Å²) in [5.41, 5.74) is 0.373. The molecule has 0 aromatic heterocycles. The first-order valence-electron chi connectivity index (χ1n) is 13.5. The molecule has 2 aromatic carbocycles. The van der Waals surface area contributed by atoms with Gasteiger partial charge in [-0.1, -0.05) is 6.07 Å². The van der Waals surface area contributed by atoms with Crippen molar-refractivity contribution >= 4 is 5.78 Å². The summed E-state index contributed by atoms with van der Waals surface area (Å²) in [4.78, 5) is 12.9. The summed E-state index contributed by atoms with van der Waals surface area (Å²) in [6, 6.07) is 6.90. The van der Waals surface area contributed by atoms with Crippen molar-refractivity contribution in [2.75, 3.05) is 13.7 Å². The van der Waals surface area contributed by atoms with Crippen molar-refractivity contribution in [2.24, 2.45) is 0 Å². The number of aliphatic hydroxyl groups excluding tert-OH is 6. The number of Topliss-reactive ketones (excluding diaryl/α,β-unsaturated/α-hetero) is 1. The number of phenols is 2. The number of carbonyl (C=O) groups excluding carboxylic acids is 1. The monoisotopic (exact) mass is 610 g/mol. The lowest BCUT2D eigenvalue weighted by molar-refractivity contribution is -0.318. The molecule has 0 spiro atoms. The molecule has 3 aliphatic heterocycles. The molecule has 15 nitrogen and oxygen atoms in total. The molecule has 2 saturated heterocycles. The number of aromatic hydroxyl groups is 2. The Bertz CT molecular complexity index is 1320. The third kappa shape index (κ3) is 6.08. The fourth-order valence-corrected chi connectivity index (χ4v) is 5.20. The number of hydrogen-bond acceptors (Lipinski definition) is 15. The Morgan fingerprint density at radius 2 is 1.53 bits per heavy atom. The zero-order valence-corrected chi connectivity index (χ0v) is 23.1. The van der Waals surface area contributed by atoms with Crippen molar-refractivity contribution in [2.45, 2.75) is 80.9 Å².